The van der Waals surface area contributed by atoms with E-state index >= 15 is 0 Å². The van der Waals surface area contributed by atoms with Crippen molar-refractivity contribution >= 4 is 5.97 Å². The van der Waals surface area contributed by atoms with Crippen LogP contribution in [0.5, 0.6) is 11.5 Å². The Morgan fingerprint density at radius 3 is 2.54 bits per heavy atom. The van der Waals surface area contributed by atoms with Gasteiger partial charge in [0.15, 0.2) is 11.6 Å². The van der Waals surface area contributed by atoms with Crippen LogP contribution in [0.15, 0.2) is 42.5 Å². The van der Waals surface area contributed by atoms with Crippen LogP contribution in [0.4, 0.5) is 4.39 Å². The van der Waals surface area contributed by atoms with E-state index in [-0.39, 0.29) is 17.9 Å². The zero-order chi connectivity index (χ0) is 18.1. The molecule has 2 aliphatic carbocycles. The lowest BCUT2D eigenvalue weighted by Gasteiger charge is -2.22. The average molecular weight is 354 g/mol. The summed E-state index contributed by atoms with van der Waals surface area (Å²) in [6.07, 6.45) is 5.42. The van der Waals surface area contributed by atoms with Crippen LogP contribution in [0.1, 0.15) is 54.4 Å². The Kier molecular flexibility index (Phi) is 4.66. The number of hydrogen-bond acceptors (Lipinski definition) is 3. The average Bonchev–Trinajstić information content (AvgIpc) is 3.27. The molecule has 136 valence electrons. The van der Waals surface area contributed by atoms with E-state index in [4.69, 9.17) is 9.47 Å². The number of carbonyl (C=O) groups is 1. The number of fused-ring (bicyclic) bond motifs is 2. The van der Waals surface area contributed by atoms with Crippen molar-refractivity contribution < 1.29 is 18.7 Å². The monoisotopic (exact) mass is 354 g/mol. The van der Waals surface area contributed by atoms with E-state index in [0.29, 0.717) is 11.7 Å². The molecular weight excluding hydrogens is 331 g/mol. The van der Waals surface area contributed by atoms with Gasteiger partial charge in [0.05, 0.1) is 12.2 Å². The van der Waals surface area contributed by atoms with Crippen LogP contribution in [0.3, 0.4) is 0 Å². The lowest BCUT2D eigenvalue weighted by Crippen LogP contribution is -2.08. The highest BCUT2D eigenvalue weighted by molar-refractivity contribution is 5.89. The minimum atomic E-state index is -0.576. The minimum absolute atomic E-state index is 0.103. The zero-order valence-corrected chi connectivity index (χ0v) is 14.9. The van der Waals surface area contributed by atoms with Crippen LogP contribution in [-0.4, -0.2) is 12.6 Å². The Bertz CT molecular complexity index is 800. The smallest absolute Gasteiger partial charge is 0.338 e. The molecule has 0 saturated heterocycles. The van der Waals surface area contributed by atoms with Crippen LogP contribution in [-0.2, 0) is 4.74 Å². The normalized spacial score (nSPS) is 23.8. The Labute approximate surface area is 153 Å². The van der Waals surface area contributed by atoms with E-state index in [1.807, 2.05) is 12.1 Å². The number of halogens is 1. The molecule has 0 radical (unpaired) electrons. The molecule has 2 saturated carbocycles. The van der Waals surface area contributed by atoms with Gasteiger partial charge in [0, 0.05) is 0 Å². The second-order valence-electron chi connectivity index (χ2n) is 7.32. The van der Waals surface area contributed by atoms with Gasteiger partial charge in [-0.15, -0.1) is 0 Å². The molecule has 4 rings (SSSR count). The summed E-state index contributed by atoms with van der Waals surface area (Å²) in [6, 6.07) is 12.1. The van der Waals surface area contributed by atoms with Gasteiger partial charge in [-0.05, 0) is 79.8 Å². The van der Waals surface area contributed by atoms with Crippen molar-refractivity contribution in [3.63, 3.8) is 0 Å². The van der Waals surface area contributed by atoms with Gasteiger partial charge in [-0.1, -0.05) is 18.6 Å². The number of carbonyl (C=O) groups excluding carboxylic acids is 1. The summed E-state index contributed by atoms with van der Waals surface area (Å²) in [5.41, 5.74) is 1.55. The maximum atomic E-state index is 14.2. The molecule has 0 aromatic heterocycles. The molecule has 2 bridgehead atoms. The van der Waals surface area contributed by atoms with Crippen molar-refractivity contribution in [2.45, 2.75) is 38.5 Å². The van der Waals surface area contributed by atoms with Gasteiger partial charge in [0.1, 0.15) is 5.75 Å². The maximum Gasteiger partial charge on any atom is 0.338 e. The third-order valence-corrected chi connectivity index (χ3v) is 5.72. The molecule has 3 atom stereocenters. The molecule has 2 fully saturated rings. The van der Waals surface area contributed by atoms with E-state index in [9.17, 15) is 9.18 Å². The Morgan fingerprint density at radius 2 is 1.92 bits per heavy atom. The van der Waals surface area contributed by atoms with E-state index in [2.05, 4.69) is 12.1 Å². The van der Waals surface area contributed by atoms with Gasteiger partial charge >= 0.3 is 5.97 Å². The first-order chi connectivity index (χ1) is 12.6. The molecule has 0 N–H and O–H groups in total. The highest BCUT2D eigenvalue weighted by atomic mass is 19.1. The van der Waals surface area contributed by atoms with Crippen molar-refractivity contribution in [2.24, 2.45) is 11.8 Å². The van der Waals surface area contributed by atoms with E-state index < -0.39 is 11.8 Å². The van der Waals surface area contributed by atoms with Crippen molar-refractivity contribution in [3.05, 3.63) is 59.4 Å². The zero-order valence-electron chi connectivity index (χ0n) is 14.9. The van der Waals surface area contributed by atoms with E-state index in [1.54, 1.807) is 6.92 Å². The van der Waals surface area contributed by atoms with Gasteiger partial charge in [0.25, 0.3) is 0 Å². The molecule has 2 aliphatic rings. The van der Waals surface area contributed by atoms with Gasteiger partial charge < -0.3 is 9.47 Å². The fraction of sp³-hybridized carbons (Fsp3) is 0.409. The van der Waals surface area contributed by atoms with E-state index in [1.165, 1.54) is 43.4 Å². The van der Waals surface area contributed by atoms with Crippen LogP contribution in [0.2, 0.25) is 0 Å². The molecule has 3 nitrogen and oxygen atoms in total. The highest BCUT2D eigenvalue weighted by Crippen LogP contribution is 2.52. The summed E-state index contributed by atoms with van der Waals surface area (Å²) in [5.74, 6) is 2.00. The van der Waals surface area contributed by atoms with Crippen LogP contribution in [0, 0.1) is 17.7 Å². The molecule has 0 spiro atoms. The topological polar surface area (TPSA) is 35.5 Å². The highest BCUT2D eigenvalue weighted by Gasteiger charge is 2.39. The summed E-state index contributed by atoms with van der Waals surface area (Å²) < 4.78 is 24.8. The van der Waals surface area contributed by atoms with Gasteiger partial charge in [-0.2, -0.15) is 0 Å². The van der Waals surface area contributed by atoms with Crippen molar-refractivity contribution in [3.8, 4) is 11.5 Å². The molecule has 26 heavy (non-hydrogen) atoms. The summed E-state index contributed by atoms with van der Waals surface area (Å²) in [7, 11) is 0. The standard InChI is InChI=1S/C22H23FO3/c1-2-25-22(24)17-7-10-21(20(23)13-17)26-18-8-5-15(6-9-18)19-12-14-3-4-16(19)11-14/h5-10,13-14,16,19H,2-4,11-12H2,1H3. The lowest BCUT2D eigenvalue weighted by atomic mass is 9.83. The Hall–Kier alpha value is -2.36. The number of rotatable bonds is 5. The molecular formula is C22H23FO3. The quantitative estimate of drug-likeness (QED) is 0.646. The third kappa shape index (κ3) is 3.33. The summed E-state index contributed by atoms with van der Waals surface area (Å²) in [6.45, 7) is 1.97. The fourth-order valence-corrected chi connectivity index (χ4v) is 4.49. The summed E-state index contributed by atoms with van der Waals surface area (Å²) in [5, 5.41) is 0. The SMILES string of the molecule is CCOC(=O)c1ccc(Oc2ccc(C3CC4CCC3C4)cc2)c(F)c1. The molecule has 3 unspecified atom stereocenters. The van der Waals surface area contributed by atoms with Crippen LogP contribution < -0.4 is 4.74 Å². The first kappa shape index (κ1) is 17.1. The Morgan fingerprint density at radius 1 is 1.12 bits per heavy atom. The molecule has 0 aliphatic heterocycles. The van der Waals surface area contributed by atoms with Crippen molar-refractivity contribution in [2.75, 3.05) is 6.61 Å². The van der Waals surface area contributed by atoms with Gasteiger partial charge in [-0.25, -0.2) is 9.18 Å². The third-order valence-electron chi connectivity index (χ3n) is 5.72. The Balaban J connectivity index is 1.45. The predicted octanol–water partition coefficient (Wildman–Crippen LogP) is 5.70. The first-order valence-corrected chi connectivity index (χ1v) is 9.38. The van der Waals surface area contributed by atoms with Crippen LogP contribution >= 0.6 is 0 Å². The molecule has 2 aromatic carbocycles. The number of esters is 1. The van der Waals surface area contributed by atoms with Crippen LogP contribution in [0.25, 0.3) is 0 Å². The van der Waals surface area contributed by atoms with Gasteiger partial charge in [-0.3, -0.25) is 0 Å². The largest absolute Gasteiger partial charge is 0.462 e. The second kappa shape index (κ2) is 7.10. The molecule has 0 heterocycles. The molecule has 2 aromatic rings. The fourth-order valence-electron chi connectivity index (χ4n) is 4.49. The lowest BCUT2D eigenvalue weighted by molar-refractivity contribution is 0.0525. The predicted molar refractivity (Wildman–Crippen MR) is 97.1 cm³/mol. The number of benzene rings is 2. The summed E-state index contributed by atoms with van der Waals surface area (Å²) >= 11 is 0. The van der Waals surface area contributed by atoms with E-state index in [0.717, 1.165) is 17.9 Å². The number of hydrogen-bond donors (Lipinski definition) is 0. The first-order valence-electron chi connectivity index (χ1n) is 9.38. The van der Waals surface area contributed by atoms with Crippen molar-refractivity contribution in [1.29, 1.82) is 0 Å². The van der Waals surface area contributed by atoms with Gasteiger partial charge in [0.2, 0.25) is 0 Å². The molecule has 0 amide bonds. The number of ether oxygens (including phenoxy) is 2. The molecule has 4 heteroatoms. The second-order valence-corrected chi connectivity index (χ2v) is 7.32. The summed E-state index contributed by atoms with van der Waals surface area (Å²) in [4.78, 5) is 11.7. The van der Waals surface area contributed by atoms with Crippen molar-refractivity contribution in [1.82, 2.24) is 0 Å². The minimum Gasteiger partial charge on any atom is -0.462 e. The maximum absolute atomic E-state index is 14.2.